The molecule has 3 heterocycles. The molecule has 7 nitrogen and oxygen atoms in total. The lowest BCUT2D eigenvalue weighted by Gasteiger charge is -2.19. The third-order valence-electron chi connectivity index (χ3n) is 3.41. The fraction of sp³-hybridized carbons (Fsp3) is 0.429. The third kappa shape index (κ3) is 3.58. The Kier molecular flexibility index (Phi) is 4.59. The molecule has 0 aromatic carbocycles. The van der Waals surface area contributed by atoms with Gasteiger partial charge >= 0.3 is 6.03 Å². The van der Waals surface area contributed by atoms with Crippen LogP contribution in [0.2, 0.25) is 0 Å². The van der Waals surface area contributed by atoms with E-state index < -0.39 is 0 Å². The predicted octanol–water partition coefficient (Wildman–Crippen LogP) is 2.29. The molecule has 1 aliphatic heterocycles. The zero-order valence-electron chi connectivity index (χ0n) is 12.2. The Balaban J connectivity index is 1.57. The molecule has 0 aliphatic carbocycles. The van der Waals surface area contributed by atoms with Gasteiger partial charge < -0.3 is 10.1 Å². The lowest BCUT2D eigenvalue weighted by molar-refractivity contribution is 0.0868. The summed E-state index contributed by atoms with van der Waals surface area (Å²) < 4.78 is 5.55. The topological polar surface area (TPSA) is 89.0 Å². The van der Waals surface area contributed by atoms with Gasteiger partial charge in [0.05, 0.1) is 12.1 Å². The highest BCUT2D eigenvalue weighted by molar-refractivity contribution is 7.18. The lowest BCUT2D eigenvalue weighted by atomic mass is 10.1. The van der Waals surface area contributed by atoms with Crippen molar-refractivity contribution in [2.24, 2.45) is 0 Å². The molecule has 2 N–H and O–H groups in total. The van der Waals surface area contributed by atoms with E-state index in [9.17, 15) is 4.79 Å². The molecule has 0 spiro atoms. The van der Waals surface area contributed by atoms with E-state index in [4.69, 9.17) is 4.74 Å². The van der Waals surface area contributed by atoms with E-state index in [1.807, 2.05) is 25.1 Å². The van der Waals surface area contributed by atoms with Crippen molar-refractivity contribution in [3.8, 4) is 10.7 Å². The molecule has 2 atom stereocenters. The predicted molar refractivity (Wildman–Crippen MR) is 83.7 cm³/mol. The van der Waals surface area contributed by atoms with Crippen LogP contribution < -0.4 is 10.6 Å². The van der Waals surface area contributed by atoms with Crippen LogP contribution >= 0.6 is 11.3 Å². The van der Waals surface area contributed by atoms with Gasteiger partial charge in [-0.25, -0.2) is 4.79 Å². The summed E-state index contributed by atoms with van der Waals surface area (Å²) in [5.41, 5.74) is 0.737. The normalized spacial score (nSPS) is 18.9. The first kappa shape index (κ1) is 14.9. The van der Waals surface area contributed by atoms with Crippen LogP contribution in [0.3, 0.4) is 0 Å². The Morgan fingerprint density at radius 1 is 1.45 bits per heavy atom. The minimum atomic E-state index is -0.299. The van der Waals surface area contributed by atoms with Gasteiger partial charge in [-0.05, 0) is 31.9 Å². The number of pyridine rings is 1. The van der Waals surface area contributed by atoms with Crippen molar-refractivity contribution in [3.63, 3.8) is 0 Å². The molecule has 1 saturated heterocycles. The first-order valence-corrected chi connectivity index (χ1v) is 7.98. The monoisotopic (exact) mass is 319 g/mol. The Hall–Kier alpha value is -2.06. The van der Waals surface area contributed by atoms with E-state index in [1.165, 1.54) is 11.3 Å². The number of rotatable bonds is 4. The second-order valence-electron chi connectivity index (χ2n) is 5.07. The van der Waals surface area contributed by atoms with Crippen LogP contribution in [0.15, 0.2) is 24.4 Å². The van der Waals surface area contributed by atoms with E-state index in [0.29, 0.717) is 10.1 Å². The Morgan fingerprint density at radius 3 is 3.09 bits per heavy atom. The number of carbonyl (C=O) groups excluding carboxylic acids is 1. The minimum absolute atomic E-state index is 0.0364. The maximum Gasteiger partial charge on any atom is 0.321 e. The molecule has 1 fully saturated rings. The van der Waals surface area contributed by atoms with Crippen molar-refractivity contribution >= 4 is 22.5 Å². The number of urea groups is 1. The van der Waals surface area contributed by atoms with Crippen LogP contribution in [0.25, 0.3) is 10.7 Å². The number of carbonyl (C=O) groups is 1. The van der Waals surface area contributed by atoms with Gasteiger partial charge in [0.25, 0.3) is 0 Å². The first-order valence-electron chi connectivity index (χ1n) is 7.16. The number of nitrogens with one attached hydrogen (secondary N) is 2. The van der Waals surface area contributed by atoms with E-state index in [-0.39, 0.29) is 18.2 Å². The average molecular weight is 319 g/mol. The second-order valence-corrected chi connectivity index (χ2v) is 6.04. The zero-order valence-corrected chi connectivity index (χ0v) is 13.0. The molecule has 2 aromatic heterocycles. The maximum atomic E-state index is 12.0. The molecule has 1 aliphatic rings. The number of amides is 2. The van der Waals surface area contributed by atoms with Crippen LogP contribution in [-0.2, 0) is 4.74 Å². The van der Waals surface area contributed by atoms with Crippen molar-refractivity contribution < 1.29 is 9.53 Å². The van der Waals surface area contributed by atoms with Crippen molar-refractivity contribution in [1.82, 2.24) is 20.5 Å². The largest absolute Gasteiger partial charge is 0.376 e. The molecule has 8 heteroatoms. The number of anilines is 1. The highest BCUT2D eigenvalue weighted by Crippen LogP contribution is 2.24. The third-order valence-corrected chi connectivity index (χ3v) is 4.27. The van der Waals surface area contributed by atoms with Crippen molar-refractivity contribution in [2.45, 2.75) is 31.9 Å². The number of hydrogen-bond donors (Lipinski definition) is 2. The van der Waals surface area contributed by atoms with Gasteiger partial charge in [-0.1, -0.05) is 17.4 Å². The summed E-state index contributed by atoms with van der Waals surface area (Å²) in [6, 6.07) is 5.23. The van der Waals surface area contributed by atoms with Crippen LogP contribution in [0.4, 0.5) is 9.93 Å². The minimum Gasteiger partial charge on any atom is -0.376 e. The molecule has 0 bridgehead atoms. The van der Waals surface area contributed by atoms with Crippen LogP contribution in [0, 0.1) is 0 Å². The Bertz CT molecular complexity index is 627. The van der Waals surface area contributed by atoms with E-state index in [0.717, 1.165) is 25.1 Å². The molecule has 0 saturated carbocycles. The SMILES string of the molecule is C[C@@H](NC(=O)Nc1nnc(-c2ccccn2)s1)[C@H]1CCCO1. The van der Waals surface area contributed by atoms with Crippen molar-refractivity contribution in [3.05, 3.63) is 24.4 Å². The van der Waals surface area contributed by atoms with Crippen LogP contribution in [-0.4, -0.2) is 40.0 Å². The fourth-order valence-electron chi connectivity index (χ4n) is 2.30. The molecular weight excluding hydrogens is 302 g/mol. The molecule has 2 aromatic rings. The van der Waals surface area contributed by atoms with Crippen LogP contribution in [0.5, 0.6) is 0 Å². The quantitative estimate of drug-likeness (QED) is 0.902. The van der Waals surface area contributed by atoms with Gasteiger partial charge in [0.2, 0.25) is 5.13 Å². The van der Waals surface area contributed by atoms with Gasteiger partial charge in [0.1, 0.15) is 5.69 Å². The van der Waals surface area contributed by atoms with Gasteiger partial charge in [-0.15, -0.1) is 10.2 Å². The molecule has 0 radical (unpaired) electrons. The summed E-state index contributed by atoms with van der Waals surface area (Å²) in [7, 11) is 0. The second kappa shape index (κ2) is 6.80. The fourth-order valence-corrected chi connectivity index (χ4v) is 3.01. The summed E-state index contributed by atoms with van der Waals surface area (Å²) in [5, 5.41) is 14.7. The number of ether oxygens (including phenoxy) is 1. The highest BCUT2D eigenvalue weighted by atomic mass is 32.1. The molecule has 2 amide bonds. The molecule has 116 valence electrons. The average Bonchev–Trinajstić information content (AvgIpc) is 3.19. The lowest BCUT2D eigenvalue weighted by Crippen LogP contribution is -2.42. The number of nitrogens with zero attached hydrogens (tertiary/aromatic N) is 3. The number of aromatic nitrogens is 3. The molecular formula is C14H17N5O2S. The molecule has 0 unspecified atom stereocenters. The summed E-state index contributed by atoms with van der Waals surface area (Å²) in [5.74, 6) is 0. The maximum absolute atomic E-state index is 12.0. The summed E-state index contributed by atoms with van der Waals surface area (Å²) in [4.78, 5) is 16.2. The highest BCUT2D eigenvalue weighted by Gasteiger charge is 2.23. The van der Waals surface area contributed by atoms with Gasteiger partial charge in [0.15, 0.2) is 5.01 Å². The van der Waals surface area contributed by atoms with Gasteiger partial charge in [-0.3, -0.25) is 10.3 Å². The van der Waals surface area contributed by atoms with Crippen molar-refractivity contribution in [1.29, 1.82) is 0 Å². The summed E-state index contributed by atoms with van der Waals surface area (Å²) in [6.07, 6.45) is 3.80. The van der Waals surface area contributed by atoms with Gasteiger partial charge in [-0.2, -0.15) is 0 Å². The summed E-state index contributed by atoms with van der Waals surface area (Å²) in [6.45, 7) is 2.71. The van der Waals surface area contributed by atoms with E-state index in [1.54, 1.807) is 6.20 Å². The van der Waals surface area contributed by atoms with Gasteiger partial charge in [0, 0.05) is 12.8 Å². The number of hydrogen-bond acceptors (Lipinski definition) is 6. The van der Waals surface area contributed by atoms with E-state index in [2.05, 4.69) is 25.8 Å². The van der Waals surface area contributed by atoms with Crippen molar-refractivity contribution in [2.75, 3.05) is 11.9 Å². The molecule has 3 rings (SSSR count). The first-order chi connectivity index (χ1) is 10.7. The standard InChI is InChI=1S/C14H17N5O2S/c1-9(11-6-4-8-21-11)16-13(20)17-14-19-18-12(22-14)10-5-2-3-7-15-10/h2-3,5,7,9,11H,4,6,8H2,1H3,(H2,16,17,19,20)/t9-,11-/m1/s1. The summed E-state index contributed by atoms with van der Waals surface area (Å²) >= 11 is 1.29. The zero-order chi connectivity index (χ0) is 15.4. The Morgan fingerprint density at radius 2 is 2.36 bits per heavy atom. The molecule has 22 heavy (non-hydrogen) atoms. The van der Waals surface area contributed by atoms with Crippen LogP contribution in [0.1, 0.15) is 19.8 Å². The smallest absolute Gasteiger partial charge is 0.321 e. The Labute approximate surface area is 132 Å². The van der Waals surface area contributed by atoms with E-state index >= 15 is 0 Å².